The van der Waals surface area contributed by atoms with Crippen LogP contribution < -0.4 is 0 Å². The van der Waals surface area contributed by atoms with Gasteiger partial charge in [0.05, 0.1) is 11.3 Å². The first kappa shape index (κ1) is 15.2. The zero-order chi connectivity index (χ0) is 16.4. The summed E-state index contributed by atoms with van der Waals surface area (Å²) in [5.74, 6) is 0.414. The third kappa shape index (κ3) is 3.39. The lowest BCUT2D eigenvalue weighted by Gasteiger charge is -2.09. The highest BCUT2D eigenvalue weighted by Gasteiger charge is 2.30. The van der Waals surface area contributed by atoms with Gasteiger partial charge < -0.3 is 0 Å². The van der Waals surface area contributed by atoms with Crippen molar-refractivity contribution in [2.75, 3.05) is 0 Å². The average Bonchev–Trinajstić information content (AvgIpc) is 2.54. The average molecular weight is 314 g/mol. The second-order valence-corrected chi connectivity index (χ2v) is 5.16. The minimum Gasteiger partial charge on any atom is -0.233 e. The van der Waals surface area contributed by atoms with E-state index in [9.17, 15) is 13.2 Å². The highest BCUT2D eigenvalue weighted by molar-refractivity contribution is 5.64. The van der Waals surface area contributed by atoms with Crippen molar-refractivity contribution in [2.45, 2.75) is 13.1 Å². The standard InChI is InChI=1S/C18H13F3N2/c1-12-11-16(13-5-3-2-4-6-13)23-17(22-12)14-7-9-15(10-8-14)18(19,20)21/h2-11H,1H3. The Morgan fingerprint density at radius 2 is 1.43 bits per heavy atom. The molecular formula is C18H13F3N2. The maximum Gasteiger partial charge on any atom is 0.416 e. The van der Waals surface area contributed by atoms with Gasteiger partial charge in [0, 0.05) is 16.8 Å². The Hall–Kier alpha value is -2.69. The van der Waals surface area contributed by atoms with E-state index in [1.54, 1.807) is 0 Å². The van der Waals surface area contributed by atoms with Crippen LogP contribution in [0.3, 0.4) is 0 Å². The van der Waals surface area contributed by atoms with E-state index in [-0.39, 0.29) is 0 Å². The van der Waals surface area contributed by atoms with Gasteiger partial charge in [0.25, 0.3) is 0 Å². The summed E-state index contributed by atoms with van der Waals surface area (Å²) in [6.07, 6.45) is -4.35. The van der Waals surface area contributed by atoms with Gasteiger partial charge in [-0.2, -0.15) is 13.2 Å². The van der Waals surface area contributed by atoms with E-state index in [1.807, 2.05) is 43.3 Å². The maximum absolute atomic E-state index is 12.6. The van der Waals surface area contributed by atoms with Gasteiger partial charge in [0.2, 0.25) is 0 Å². The van der Waals surface area contributed by atoms with Crippen molar-refractivity contribution < 1.29 is 13.2 Å². The largest absolute Gasteiger partial charge is 0.416 e. The topological polar surface area (TPSA) is 25.8 Å². The SMILES string of the molecule is Cc1cc(-c2ccccc2)nc(-c2ccc(C(F)(F)F)cc2)n1. The summed E-state index contributed by atoms with van der Waals surface area (Å²) in [4.78, 5) is 8.80. The van der Waals surface area contributed by atoms with Crippen LogP contribution in [-0.4, -0.2) is 9.97 Å². The van der Waals surface area contributed by atoms with Gasteiger partial charge in [0.15, 0.2) is 5.82 Å². The zero-order valence-corrected chi connectivity index (χ0v) is 12.3. The second kappa shape index (κ2) is 5.83. The number of aromatic nitrogens is 2. The Morgan fingerprint density at radius 1 is 0.783 bits per heavy atom. The third-order valence-electron chi connectivity index (χ3n) is 3.39. The zero-order valence-electron chi connectivity index (χ0n) is 12.3. The van der Waals surface area contributed by atoms with E-state index in [0.717, 1.165) is 29.1 Å². The second-order valence-electron chi connectivity index (χ2n) is 5.16. The quantitative estimate of drug-likeness (QED) is 0.654. The van der Waals surface area contributed by atoms with E-state index in [0.29, 0.717) is 11.4 Å². The van der Waals surface area contributed by atoms with Crippen molar-refractivity contribution in [3.05, 3.63) is 71.9 Å². The highest BCUT2D eigenvalue weighted by atomic mass is 19.4. The maximum atomic E-state index is 12.6. The lowest BCUT2D eigenvalue weighted by atomic mass is 10.1. The molecule has 3 rings (SSSR count). The smallest absolute Gasteiger partial charge is 0.233 e. The molecule has 2 nitrogen and oxygen atoms in total. The Morgan fingerprint density at radius 3 is 2.04 bits per heavy atom. The van der Waals surface area contributed by atoms with Gasteiger partial charge >= 0.3 is 6.18 Å². The number of halogens is 3. The van der Waals surface area contributed by atoms with Gasteiger partial charge in [-0.15, -0.1) is 0 Å². The molecule has 0 bridgehead atoms. The molecule has 23 heavy (non-hydrogen) atoms. The number of hydrogen-bond acceptors (Lipinski definition) is 2. The van der Waals surface area contributed by atoms with Gasteiger partial charge in [-0.3, -0.25) is 0 Å². The van der Waals surface area contributed by atoms with Crippen molar-refractivity contribution in [3.63, 3.8) is 0 Å². The van der Waals surface area contributed by atoms with E-state index in [4.69, 9.17) is 0 Å². The van der Waals surface area contributed by atoms with Crippen LogP contribution in [0.15, 0.2) is 60.7 Å². The van der Waals surface area contributed by atoms with Crippen molar-refractivity contribution >= 4 is 0 Å². The molecule has 0 spiro atoms. The molecule has 0 aliphatic heterocycles. The fraction of sp³-hybridized carbons (Fsp3) is 0.111. The Kier molecular flexibility index (Phi) is 3.86. The van der Waals surface area contributed by atoms with Crippen LogP contribution in [0.1, 0.15) is 11.3 Å². The van der Waals surface area contributed by atoms with Crippen LogP contribution in [0.4, 0.5) is 13.2 Å². The number of nitrogens with zero attached hydrogens (tertiary/aromatic N) is 2. The van der Waals surface area contributed by atoms with E-state index in [1.165, 1.54) is 12.1 Å². The molecule has 3 aromatic rings. The first-order chi connectivity index (χ1) is 10.9. The van der Waals surface area contributed by atoms with Gasteiger partial charge in [-0.05, 0) is 25.1 Å². The summed E-state index contributed by atoms with van der Waals surface area (Å²) in [5, 5.41) is 0. The Labute approximate surface area is 131 Å². The van der Waals surface area contributed by atoms with Crippen molar-refractivity contribution in [3.8, 4) is 22.6 Å². The number of benzene rings is 2. The number of aryl methyl sites for hydroxylation is 1. The van der Waals surface area contributed by atoms with Crippen LogP contribution in [0.2, 0.25) is 0 Å². The van der Waals surface area contributed by atoms with Crippen molar-refractivity contribution in [1.82, 2.24) is 9.97 Å². The fourth-order valence-corrected chi connectivity index (χ4v) is 2.26. The van der Waals surface area contributed by atoms with Crippen LogP contribution in [-0.2, 0) is 6.18 Å². The molecule has 5 heteroatoms. The number of hydrogen-bond donors (Lipinski definition) is 0. The first-order valence-electron chi connectivity index (χ1n) is 7.02. The van der Waals surface area contributed by atoms with E-state index in [2.05, 4.69) is 9.97 Å². The fourth-order valence-electron chi connectivity index (χ4n) is 2.26. The molecule has 0 saturated heterocycles. The summed E-state index contributed by atoms with van der Waals surface area (Å²) >= 11 is 0. The summed E-state index contributed by atoms with van der Waals surface area (Å²) in [5.41, 5.74) is 2.31. The molecule has 0 amide bonds. The molecule has 1 aromatic heterocycles. The summed E-state index contributed by atoms with van der Waals surface area (Å²) in [7, 11) is 0. The monoisotopic (exact) mass is 314 g/mol. The first-order valence-corrected chi connectivity index (χ1v) is 7.02. The molecule has 0 aliphatic rings. The van der Waals surface area contributed by atoms with Crippen LogP contribution in [0, 0.1) is 6.92 Å². The van der Waals surface area contributed by atoms with Crippen molar-refractivity contribution in [2.24, 2.45) is 0 Å². The lowest BCUT2D eigenvalue weighted by Crippen LogP contribution is -2.04. The molecule has 0 aliphatic carbocycles. The highest BCUT2D eigenvalue weighted by Crippen LogP contribution is 2.30. The van der Waals surface area contributed by atoms with Crippen LogP contribution >= 0.6 is 0 Å². The van der Waals surface area contributed by atoms with Crippen LogP contribution in [0.25, 0.3) is 22.6 Å². The molecule has 0 unspecified atom stereocenters. The molecule has 116 valence electrons. The van der Waals surface area contributed by atoms with Crippen LogP contribution in [0.5, 0.6) is 0 Å². The summed E-state index contributed by atoms with van der Waals surface area (Å²) < 4.78 is 37.9. The van der Waals surface area contributed by atoms with E-state index >= 15 is 0 Å². The van der Waals surface area contributed by atoms with Gasteiger partial charge in [0.1, 0.15) is 0 Å². The normalized spacial score (nSPS) is 11.5. The predicted octanol–water partition coefficient (Wildman–Crippen LogP) is 5.14. The van der Waals surface area contributed by atoms with Gasteiger partial charge in [-0.1, -0.05) is 42.5 Å². The molecule has 0 atom stereocenters. The molecule has 0 saturated carbocycles. The molecular weight excluding hydrogens is 301 g/mol. The number of rotatable bonds is 2. The summed E-state index contributed by atoms with van der Waals surface area (Å²) in [6, 6.07) is 16.3. The predicted molar refractivity (Wildman–Crippen MR) is 82.6 cm³/mol. The van der Waals surface area contributed by atoms with Gasteiger partial charge in [-0.25, -0.2) is 9.97 Å². The minimum absolute atomic E-state index is 0.414. The van der Waals surface area contributed by atoms with E-state index < -0.39 is 11.7 Å². The molecule has 0 N–H and O–H groups in total. The Balaban J connectivity index is 2.02. The summed E-state index contributed by atoms with van der Waals surface area (Å²) in [6.45, 7) is 1.84. The molecule has 0 fully saturated rings. The molecule has 1 heterocycles. The molecule has 2 aromatic carbocycles. The lowest BCUT2D eigenvalue weighted by molar-refractivity contribution is -0.137. The Bertz CT molecular complexity index is 810. The van der Waals surface area contributed by atoms with Crippen molar-refractivity contribution in [1.29, 1.82) is 0 Å². The third-order valence-corrected chi connectivity index (χ3v) is 3.39. The number of alkyl halides is 3. The minimum atomic E-state index is -4.35. The molecule has 0 radical (unpaired) electrons.